The average Bonchev–Trinajstić information content (AvgIpc) is 2.98. The van der Waals surface area contributed by atoms with Crippen LogP contribution in [0.3, 0.4) is 0 Å². The third kappa shape index (κ3) is 4.15. The molecule has 0 bridgehead atoms. The molecule has 0 aromatic carbocycles. The number of aryl methyl sites for hydroxylation is 1. The lowest BCUT2D eigenvalue weighted by Crippen LogP contribution is -2.33. The maximum Gasteiger partial charge on any atom is 0.0943 e. The Hall–Kier alpha value is -0.780. The lowest BCUT2D eigenvalue weighted by atomic mass is 10.1. The maximum atomic E-state index is 4.55. The molecule has 0 aliphatic heterocycles. The normalized spacial score (nSPS) is 12.8. The molecule has 98 valence electrons. The molecule has 5 heteroatoms. The van der Waals surface area contributed by atoms with Gasteiger partial charge in [0.1, 0.15) is 0 Å². The summed E-state index contributed by atoms with van der Waals surface area (Å²) in [6.07, 6.45) is 5.19. The molecule has 0 radical (unpaired) electrons. The van der Waals surface area contributed by atoms with E-state index < -0.39 is 0 Å². The molecule has 0 saturated heterocycles. The van der Waals surface area contributed by atoms with E-state index in [1.165, 1.54) is 9.88 Å². The first kappa shape index (κ1) is 13.6. The minimum atomic E-state index is 0.468. The quantitative estimate of drug-likeness (QED) is 0.847. The first-order chi connectivity index (χ1) is 8.78. The van der Waals surface area contributed by atoms with Gasteiger partial charge in [0.05, 0.1) is 10.5 Å². The molecule has 3 nitrogen and oxygen atoms in total. The lowest BCUT2D eigenvalue weighted by molar-refractivity contribution is 0.506. The van der Waals surface area contributed by atoms with E-state index in [4.69, 9.17) is 0 Å². The van der Waals surface area contributed by atoms with Crippen molar-refractivity contribution in [1.82, 2.24) is 15.3 Å². The zero-order chi connectivity index (χ0) is 12.8. The van der Waals surface area contributed by atoms with Crippen LogP contribution >= 0.6 is 22.7 Å². The van der Waals surface area contributed by atoms with Crippen LogP contribution in [0.2, 0.25) is 0 Å². The van der Waals surface area contributed by atoms with Crippen LogP contribution in [0.1, 0.15) is 28.9 Å². The van der Waals surface area contributed by atoms with Crippen LogP contribution in [-0.2, 0) is 12.8 Å². The van der Waals surface area contributed by atoms with E-state index in [-0.39, 0.29) is 0 Å². The van der Waals surface area contributed by atoms with E-state index in [1.54, 1.807) is 22.7 Å². The molecule has 0 aliphatic rings. The molecule has 0 aliphatic carbocycles. The first-order valence-electron chi connectivity index (χ1n) is 6.29. The summed E-state index contributed by atoms with van der Waals surface area (Å²) in [5, 5.41) is 6.96. The molecular formula is C13H19N3S2. The Bertz CT molecular complexity index is 451. The second-order valence-electron chi connectivity index (χ2n) is 4.41. The highest BCUT2D eigenvalue weighted by Crippen LogP contribution is 2.15. The topological polar surface area (TPSA) is 37.8 Å². The van der Waals surface area contributed by atoms with Crippen LogP contribution in [0.15, 0.2) is 17.1 Å². The van der Waals surface area contributed by atoms with Gasteiger partial charge in [0.2, 0.25) is 0 Å². The average molecular weight is 281 g/mol. The largest absolute Gasteiger partial charge is 0.313 e. The predicted molar refractivity (Wildman–Crippen MR) is 78.5 cm³/mol. The molecule has 1 atom stereocenters. The third-order valence-corrected chi connectivity index (χ3v) is 4.49. The van der Waals surface area contributed by atoms with E-state index in [9.17, 15) is 0 Å². The molecule has 2 aromatic heterocycles. The van der Waals surface area contributed by atoms with Gasteiger partial charge < -0.3 is 5.32 Å². The monoisotopic (exact) mass is 281 g/mol. The van der Waals surface area contributed by atoms with Crippen molar-refractivity contribution in [2.24, 2.45) is 0 Å². The molecule has 2 rings (SSSR count). The van der Waals surface area contributed by atoms with Gasteiger partial charge in [-0.25, -0.2) is 4.98 Å². The molecule has 0 amide bonds. The van der Waals surface area contributed by atoms with Gasteiger partial charge in [-0.3, -0.25) is 4.98 Å². The van der Waals surface area contributed by atoms with Gasteiger partial charge in [-0.1, -0.05) is 6.92 Å². The molecule has 0 spiro atoms. The van der Waals surface area contributed by atoms with E-state index in [2.05, 4.69) is 34.5 Å². The molecule has 2 aromatic rings. The summed E-state index contributed by atoms with van der Waals surface area (Å²) in [5.74, 6) is 0. The SMILES string of the molecule is CCCNC(Cc1cncs1)Cc1nc(C)cs1. The summed E-state index contributed by atoms with van der Waals surface area (Å²) in [4.78, 5) is 10.0. The van der Waals surface area contributed by atoms with E-state index in [0.717, 1.165) is 31.5 Å². The zero-order valence-corrected chi connectivity index (χ0v) is 12.5. The lowest BCUT2D eigenvalue weighted by Gasteiger charge is -2.16. The second-order valence-corrected chi connectivity index (χ2v) is 6.32. The van der Waals surface area contributed by atoms with Gasteiger partial charge in [0.15, 0.2) is 0 Å². The Morgan fingerprint density at radius 3 is 2.83 bits per heavy atom. The van der Waals surface area contributed by atoms with E-state index >= 15 is 0 Å². The van der Waals surface area contributed by atoms with Gasteiger partial charge >= 0.3 is 0 Å². The number of nitrogens with one attached hydrogen (secondary N) is 1. The summed E-state index contributed by atoms with van der Waals surface area (Å²) in [6.45, 7) is 5.32. The highest BCUT2D eigenvalue weighted by molar-refractivity contribution is 7.09. The molecular weight excluding hydrogens is 262 g/mol. The van der Waals surface area contributed by atoms with E-state index in [0.29, 0.717) is 6.04 Å². The summed E-state index contributed by atoms with van der Waals surface area (Å²) in [6, 6.07) is 0.468. The minimum absolute atomic E-state index is 0.468. The number of aromatic nitrogens is 2. The van der Waals surface area contributed by atoms with Gasteiger partial charge in [-0.15, -0.1) is 22.7 Å². The Balaban J connectivity index is 1.95. The molecule has 1 N–H and O–H groups in total. The minimum Gasteiger partial charge on any atom is -0.313 e. The van der Waals surface area contributed by atoms with Crippen molar-refractivity contribution in [2.75, 3.05) is 6.54 Å². The highest BCUT2D eigenvalue weighted by atomic mass is 32.1. The Morgan fingerprint density at radius 1 is 1.33 bits per heavy atom. The third-order valence-electron chi connectivity index (χ3n) is 2.70. The number of thiazole rings is 2. The highest BCUT2D eigenvalue weighted by Gasteiger charge is 2.12. The fourth-order valence-corrected chi connectivity index (χ4v) is 3.39. The summed E-state index contributed by atoms with van der Waals surface area (Å²) >= 11 is 3.49. The van der Waals surface area contributed by atoms with Gasteiger partial charge in [0.25, 0.3) is 0 Å². The van der Waals surface area contributed by atoms with Crippen molar-refractivity contribution in [3.8, 4) is 0 Å². The van der Waals surface area contributed by atoms with Gasteiger partial charge in [0, 0.05) is 34.6 Å². The number of hydrogen-bond donors (Lipinski definition) is 1. The molecule has 2 heterocycles. The molecule has 1 unspecified atom stereocenters. The van der Waals surface area contributed by atoms with Crippen molar-refractivity contribution in [1.29, 1.82) is 0 Å². The Labute approximate surface area is 116 Å². The molecule has 18 heavy (non-hydrogen) atoms. The van der Waals surface area contributed by atoms with Crippen LogP contribution in [0.25, 0.3) is 0 Å². The summed E-state index contributed by atoms with van der Waals surface area (Å²) in [7, 11) is 0. The van der Waals surface area contributed by atoms with Crippen molar-refractivity contribution in [3.05, 3.63) is 32.7 Å². The smallest absolute Gasteiger partial charge is 0.0943 e. The Kier molecular flexibility index (Phi) is 5.28. The first-order valence-corrected chi connectivity index (χ1v) is 8.05. The summed E-state index contributed by atoms with van der Waals surface area (Å²) < 4.78 is 0. The second kappa shape index (κ2) is 6.97. The predicted octanol–water partition coefficient (Wildman–Crippen LogP) is 3.06. The van der Waals surface area contributed by atoms with E-state index in [1.807, 2.05) is 11.7 Å². The number of nitrogens with zero attached hydrogens (tertiary/aromatic N) is 2. The number of hydrogen-bond acceptors (Lipinski definition) is 5. The Morgan fingerprint density at radius 2 is 2.22 bits per heavy atom. The van der Waals surface area contributed by atoms with Crippen LogP contribution < -0.4 is 5.32 Å². The van der Waals surface area contributed by atoms with Gasteiger partial charge in [-0.05, 0) is 26.3 Å². The van der Waals surface area contributed by atoms with Crippen LogP contribution in [0.4, 0.5) is 0 Å². The zero-order valence-electron chi connectivity index (χ0n) is 10.8. The fourth-order valence-electron chi connectivity index (χ4n) is 1.86. The molecule has 0 fully saturated rings. The van der Waals surface area contributed by atoms with Crippen LogP contribution in [-0.4, -0.2) is 22.6 Å². The van der Waals surface area contributed by atoms with Crippen LogP contribution in [0, 0.1) is 6.92 Å². The fraction of sp³-hybridized carbons (Fsp3) is 0.538. The molecule has 0 saturated carbocycles. The van der Waals surface area contributed by atoms with Crippen molar-refractivity contribution in [3.63, 3.8) is 0 Å². The standard InChI is InChI=1S/C13H19N3S2/c1-3-4-15-11(5-12-7-14-9-18-12)6-13-16-10(2)8-17-13/h7-9,11,15H,3-6H2,1-2H3. The van der Waals surface area contributed by atoms with Crippen molar-refractivity contribution in [2.45, 2.75) is 39.2 Å². The summed E-state index contributed by atoms with van der Waals surface area (Å²) in [5.41, 5.74) is 3.03. The van der Waals surface area contributed by atoms with Crippen molar-refractivity contribution < 1.29 is 0 Å². The maximum absolute atomic E-state index is 4.55. The van der Waals surface area contributed by atoms with Gasteiger partial charge in [-0.2, -0.15) is 0 Å². The number of rotatable bonds is 7. The van der Waals surface area contributed by atoms with Crippen LogP contribution in [0.5, 0.6) is 0 Å². The van der Waals surface area contributed by atoms with Crippen molar-refractivity contribution >= 4 is 22.7 Å².